The van der Waals surface area contributed by atoms with Gasteiger partial charge in [-0.25, -0.2) is 0 Å². The Morgan fingerprint density at radius 1 is 1.08 bits per heavy atom. The van der Waals surface area contributed by atoms with Crippen LogP contribution >= 0.6 is 35.0 Å². The number of nitrogens with one attached hydrogen (secondary N) is 1. The van der Waals surface area contributed by atoms with E-state index in [4.69, 9.17) is 29.0 Å². The number of benzene rings is 2. The normalized spacial score (nSPS) is 10.6. The molecular weight excluding hydrogens is 381 g/mol. The summed E-state index contributed by atoms with van der Waals surface area (Å²) in [6.45, 7) is 0. The van der Waals surface area contributed by atoms with E-state index in [1.807, 2.05) is 30.3 Å². The first kappa shape index (κ1) is 17.6. The number of hydrogen-bond donors (Lipinski definition) is 2. The number of thioether (sulfide) groups is 1. The zero-order valence-corrected chi connectivity index (χ0v) is 15.1. The van der Waals surface area contributed by atoms with Crippen LogP contribution < -0.4 is 16.7 Å². The highest BCUT2D eigenvalue weighted by Crippen LogP contribution is 2.24. The number of hydrogen-bond acceptors (Lipinski definition) is 6. The van der Waals surface area contributed by atoms with Gasteiger partial charge in [-0.3, -0.25) is 4.79 Å². The minimum Gasteiger partial charge on any atom is -0.334 e. The number of rotatable bonds is 5. The summed E-state index contributed by atoms with van der Waals surface area (Å²) in [7, 11) is 0. The summed E-state index contributed by atoms with van der Waals surface area (Å²) in [6.07, 6.45) is 0. The lowest BCUT2D eigenvalue weighted by Crippen LogP contribution is -2.32. The van der Waals surface area contributed by atoms with Gasteiger partial charge in [0, 0.05) is 21.5 Å². The third-order valence-electron chi connectivity index (χ3n) is 3.20. The van der Waals surface area contributed by atoms with Crippen molar-refractivity contribution in [2.24, 2.45) is 0 Å². The Bertz CT molecular complexity index is 929. The van der Waals surface area contributed by atoms with Crippen LogP contribution in [0.25, 0.3) is 0 Å². The van der Waals surface area contributed by atoms with Gasteiger partial charge in [-0.05, 0) is 23.8 Å². The second-order valence-corrected chi connectivity index (χ2v) is 6.88. The van der Waals surface area contributed by atoms with E-state index in [1.165, 1.54) is 11.8 Å². The molecule has 9 heteroatoms. The lowest BCUT2D eigenvalue weighted by atomic mass is 10.2. The first-order valence-electron chi connectivity index (χ1n) is 7.17. The van der Waals surface area contributed by atoms with E-state index >= 15 is 0 Å². The lowest BCUT2D eigenvalue weighted by Gasteiger charge is -2.09. The van der Waals surface area contributed by atoms with Gasteiger partial charge in [0.1, 0.15) is 0 Å². The first-order valence-corrected chi connectivity index (χ1v) is 8.92. The van der Waals surface area contributed by atoms with E-state index in [1.54, 1.807) is 18.2 Å². The van der Waals surface area contributed by atoms with Crippen LogP contribution in [0.15, 0.2) is 58.5 Å². The largest absolute Gasteiger partial charge is 0.334 e. The lowest BCUT2D eigenvalue weighted by molar-refractivity contribution is 0.705. The van der Waals surface area contributed by atoms with E-state index in [0.29, 0.717) is 26.6 Å². The molecule has 128 valence electrons. The molecule has 0 atom stereocenters. The molecule has 25 heavy (non-hydrogen) atoms. The van der Waals surface area contributed by atoms with Crippen LogP contribution in [0.1, 0.15) is 5.56 Å². The Balaban J connectivity index is 1.79. The minimum absolute atomic E-state index is 0.00936. The van der Waals surface area contributed by atoms with Crippen LogP contribution in [-0.2, 0) is 5.75 Å². The first-order chi connectivity index (χ1) is 12.0. The minimum atomic E-state index is -0.498. The smallest absolute Gasteiger partial charge is 0.315 e. The van der Waals surface area contributed by atoms with Crippen molar-refractivity contribution in [2.75, 3.05) is 11.2 Å². The highest BCUT2D eigenvalue weighted by molar-refractivity contribution is 7.98. The molecule has 0 aliphatic rings. The molecule has 0 bridgehead atoms. The fraction of sp³-hybridized carbons (Fsp3) is 0.0625. The van der Waals surface area contributed by atoms with Gasteiger partial charge in [0.25, 0.3) is 0 Å². The van der Waals surface area contributed by atoms with Crippen LogP contribution in [0.3, 0.4) is 0 Å². The predicted molar refractivity (Wildman–Crippen MR) is 102 cm³/mol. The molecule has 1 aromatic heterocycles. The number of aromatic nitrogens is 3. The molecule has 0 spiro atoms. The molecular formula is C16H13Cl2N5OS. The van der Waals surface area contributed by atoms with Crippen molar-refractivity contribution >= 4 is 46.5 Å². The van der Waals surface area contributed by atoms with Crippen molar-refractivity contribution in [3.8, 4) is 0 Å². The van der Waals surface area contributed by atoms with Crippen molar-refractivity contribution < 1.29 is 0 Å². The van der Waals surface area contributed by atoms with Crippen LogP contribution in [0.5, 0.6) is 0 Å². The zero-order chi connectivity index (χ0) is 17.8. The summed E-state index contributed by atoms with van der Waals surface area (Å²) in [4.78, 5) is 12.4. The monoisotopic (exact) mass is 393 g/mol. The molecule has 0 amide bonds. The van der Waals surface area contributed by atoms with Crippen LogP contribution in [-0.4, -0.2) is 14.9 Å². The van der Waals surface area contributed by atoms with Crippen LogP contribution in [0.2, 0.25) is 10.0 Å². The summed E-state index contributed by atoms with van der Waals surface area (Å²) < 4.78 is 0.967. The van der Waals surface area contributed by atoms with Crippen molar-refractivity contribution in [1.29, 1.82) is 0 Å². The Labute approximate surface area is 157 Å². The molecule has 0 saturated carbocycles. The maximum absolute atomic E-state index is 12.4. The van der Waals surface area contributed by atoms with E-state index in [-0.39, 0.29) is 5.82 Å². The molecule has 0 unspecified atom stereocenters. The number of anilines is 2. The molecule has 0 fully saturated rings. The zero-order valence-electron chi connectivity index (χ0n) is 12.8. The molecule has 3 aromatic rings. The van der Waals surface area contributed by atoms with E-state index in [0.717, 1.165) is 10.2 Å². The Hall–Kier alpha value is -2.22. The topological polar surface area (TPSA) is 85.8 Å². The second kappa shape index (κ2) is 7.77. The summed E-state index contributed by atoms with van der Waals surface area (Å²) in [6, 6.07) is 14.6. The summed E-state index contributed by atoms with van der Waals surface area (Å²) in [5, 5.41) is 12.0. The molecule has 6 nitrogen and oxygen atoms in total. The molecule has 3 N–H and O–H groups in total. The van der Waals surface area contributed by atoms with E-state index in [9.17, 15) is 4.79 Å². The average Bonchev–Trinajstić information content (AvgIpc) is 2.58. The van der Waals surface area contributed by atoms with Gasteiger partial charge in [-0.15, -0.1) is 10.2 Å². The van der Waals surface area contributed by atoms with Crippen molar-refractivity contribution in [3.63, 3.8) is 0 Å². The maximum atomic E-state index is 12.4. The van der Waals surface area contributed by atoms with Gasteiger partial charge in [0.2, 0.25) is 11.0 Å². The molecule has 3 rings (SSSR count). The van der Waals surface area contributed by atoms with Gasteiger partial charge >= 0.3 is 5.56 Å². The van der Waals surface area contributed by atoms with Crippen molar-refractivity contribution in [1.82, 2.24) is 14.9 Å². The van der Waals surface area contributed by atoms with Gasteiger partial charge < -0.3 is 11.2 Å². The summed E-state index contributed by atoms with van der Waals surface area (Å²) in [5.74, 6) is 6.47. The average molecular weight is 394 g/mol. The Morgan fingerprint density at radius 2 is 1.76 bits per heavy atom. The van der Waals surface area contributed by atoms with E-state index in [2.05, 4.69) is 15.5 Å². The number of halogens is 2. The fourth-order valence-corrected chi connectivity index (χ4v) is 3.38. The SMILES string of the molecule is Nn1c(SCc2ccccc2)nnc(Nc2cc(Cl)cc(Cl)c2)c1=O. The molecule has 0 radical (unpaired) electrons. The highest BCUT2D eigenvalue weighted by atomic mass is 35.5. The van der Waals surface area contributed by atoms with Crippen molar-refractivity contribution in [3.05, 3.63) is 74.5 Å². The molecule has 0 aliphatic heterocycles. The number of nitrogens with two attached hydrogens (primary N) is 1. The molecule has 0 aliphatic carbocycles. The summed E-state index contributed by atoms with van der Waals surface area (Å²) >= 11 is 13.2. The van der Waals surface area contributed by atoms with Gasteiger partial charge in [0.05, 0.1) is 0 Å². The van der Waals surface area contributed by atoms with E-state index < -0.39 is 5.56 Å². The third kappa shape index (κ3) is 4.45. The standard InChI is InChI=1S/C16H13Cl2N5OS/c17-11-6-12(18)8-13(7-11)20-14-15(24)23(19)16(22-21-14)25-9-10-4-2-1-3-5-10/h1-8H,9,19H2,(H,20,21). The Morgan fingerprint density at radius 3 is 2.44 bits per heavy atom. The number of nitrogen functional groups attached to an aromatic ring is 1. The quantitative estimate of drug-likeness (QED) is 0.507. The van der Waals surface area contributed by atoms with Crippen molar-refractivity contribution in [2.45, 2.75) is 10.9 Å². The highest BCUT2D eigenvalue weighted by Gasteiger charge is 2.11. The fourth-order valence-electron chi connectivity index (χ4n) is 2.05. The van der Waals surface area contributed by atoms with Crippen LogP contribution in [0.4, 0.5) is 11.5 Å². The predicted octanol–water partition coefficient (Wildman–Crippen LogP) is 3.69. The molecule has 2 aromatic carbocycles. The third-order valence-corrected chi connectivity index (χ3v) is 4.65. The molecule has 0 saturated heterocycles. The van der Waals surface area contributed by atoms with Gasteiger partial charge in [-0.2, -0.15) is 4.68 Å². The molecule has 1 heterocycles. The maximum Gasteiger partial charge on any atom is 0.315 e. The van der Waals surface area contributed by atoms with Gasteiger partial charge in [0.15, 0.2) is 0 Å². The summed E-state index contributed by atoms with van der Waals surface area (Å²) in [5.41, 5.74) is 1.12. The number of nitrogens with zero attached hydrogens (tertiary/aromatic N) is 3. The second-order valence-electron chi connectivity index (χ2n) is 5.06. The van der Waals surface area contributed by atoms with Gasteiger partial charge in [-0.1, -0.05) is 65.3 Å². The van der Waals surface area contributed by atoms with Crippen LogP contribution in [0, 0.1) is 0 Å². The Kier molecular flexibility index (Phi) is 5.47.